The van der Waals surface area contributed by atoms with Crippen molar-refractivity contribution in [1.29, 1.82) is 0 Å². The summed E-state index contributed by atoms with van der Waals surface area (Å²) in [6.07, 6.45) is 3.37. The first-order valence-corrected chi connectivity index (χ1v) is 10.3. The summed E-state index contributed by atoms with van der Waals surface area (Å²) in [6, 6.07) is 10.6. The molecule has 1 heterocycles. The number of nitrogens with one attached hydrogen (secondary N) is 1. The van der Waals surface area contributed by atoms with E-state index >= 15 is 0 Å². The van der Waals surface area contributed by atoms with Gasteiger partial charge in [-0.15, -0.1) is 0 Å². The molecule has 156 valence electrons. The predicted molar refractivity (Wildman–Crippen MR) is 112 cm³/mol. The normalized spacial score (nSPS) is 19.6. The average molecular weight is 430 g/mol. The molecule has 1 aliphatic heterocycles. The third-order valence-electron chi connectivity index (χ3n) is 5.54. The summed E-state index contributed by atoms with van der Waals surface area (Å²) >= 11 is 5.93. The zero-order valence-corrected chi connectivity index (χ0v) is 16.9. The molecule has 4 rings (SSSR count). The number of anilines is 2. The predicted octanol–water partition coefficient (Wildman–Crippen LogP) is 4.59. The van der Waals surface area contributed by atoms with Crippen molar-refractivity contribution in [1.82, 2.24) is 4.90 Å². The molecule has 1 saturated heterocycles. The second-order valence-corrected chi connectivity index (χ2v) is 7.99. The van der Waals surface area contributed by atoms with Crippen LogP contribution in [0.1, 0.15) is 32.1 Å². The van der Waals surface area contributed by atoms with E-state index < -0.39 is 29.7 Å². The number of urea groups is 1. The largest absolute Gasteiger partial charge is 0.332 e. The van der Waals surface area contributed by atoms with E-state index in [1.54, 1.807) is 35.2 Å². The van der Waals surface area contributed by atoms with Gasteiger partial charge in [0.15, 0.2) is 0 Å². The van der Waals surface area contributed by atoms with Gasteiger partial charge in [-0.2, -0.15) is 0 Å². The molecule has 30 heavy (non-hydrogen) atoms. The Labute approximate surface area is 178 Å². The Hall–Kier alpha value is -2.93. The Bertz CT molecular complexity index is 976. The van der Waals surface area contributed by atoms with Crippen molar-refractivity contribution in [2.75, 3.05) is 10.2 Å². The van der Waals surface area contributed by atoms with Crippen molar-refractivity contribution >= 4 is 40.8 Å². The van der Waals surface area contributed by atoms with Crippen LogP contribution in [-0.4, -0.2) is 34.8 Å². The summed E-state index contributed by atoms with van der Waals surface area (Å²) in [4.78, 5) is 41.7. The highest BCUT2D eigenvalue weighted by Crippen LogP contribution is 2.34. The van der Waals surface area contributed by atoms with Crippen LogP contribution in [0.2, 0.25) is 5.02 Å². The van der Waals surface area contributed by atoms with E-state index in [1.807, 2.05) is 0 Å². The number of nitrogens with zero attached hydrogens (tertiary/aromatic N) is 2. The van der Waals surface area contributed by atoms with Crippen LogP contribution in [0.25, 0.3) is 0 Å². The van der Waals surface area contributed by atoms with E-state index in [4.69, 9.17) is 11.6 Å². The molecule has 0 unspecified atom stereocenters. The molecule has 2 fully saturated rings. The van der Waals surface area contributed by atoms with Gasteiger partial charge in [0, 0.05) is 16.8 Å². The fourth-order valence-electron chi connectivity index (χ4n) is 4.17. The highest BCUT2D eigenvalue weighted by Gasteiger charge is 2.49. The maximum atomic E-state index is 13.4. The minimum Gasteiger partial charge on any atom is -0.326 e. The van der Waals surface area contributed by atoms with Crippen molar-refractivity contribution in [3.8, 4) is 0 Å². The van der Waals surface area contributed by atoms with Gasteiger partial charge in [-0.3, -0.25) is 9.59 Å². The number of rotatable bonds is 5. The first-order valence-electron chi connectivity index (χ1n) is 9.91. The van der Waals surface area contributed by atoms with E-state index in [2.05, 4.69) is 5.32 Å². The molecule has 0 bridgehead atoms. The summed E-state index contributed by atoms with van der Waals surface area (Å²) in [5, 5.41) is 3.11. The number of halogens is 2. The van der Waals surface area contributed by atoms with Gasteiger partial charge in [0.2, 0.25) is 5.91 Å². The van der Waals surface area contributed by atoms with Crippen molar-refractivity contribution in [2.24, 2.45) is 0 Å². The molecule has 4 amide bonds. The molecule has 2 aromatic carbocycles. The zero-order chi connectivity index (χ0) is 21.3. The molecule has 1 saturated carbocycles. The van der Waals surface area contributed by atoms with Crippen LogP contribution in [-0.2, 0) is 9.59 Å². The van der Waals surface area contributed by atoms with Crippen molar-refractivity contribution < 1.29 is 18.8 Å². The number of amides is 4. The third kappa shape index (κ3) is 4.03. The average Bonchev–Trinajstić information content (AvgIpc) is 3.30. The minimum absolute atomic E-state index is 0.0780. The van der Waals surface area contributed by atoms with E-state index in [0.29, 0.717) is 16.4 Å². The summed E-state index contributed by atoms with van der Waals surface area (Å²) in [7, 11) is 0. The Morgan fingerprint density at radius 2 is 1.80 bits per heavy atom. The van der Waals surface area contributed by atoms with Crippen LogP contribution in [0.5, 0.6) is 0 Å². The lowest BCUT2D eigenvalue weighted by Crippen LogP contribution is -2.43. The van der Waals surface area contributed by atoms with Gasteiger partial charge >= 0.3 is 6.03 Å². The highest BCUT2D eigenvalue weighted by molar-refractivity contribution is 6.30. The summed E-state index contributed by atoms with van der Waals surface area (Å²) in [5.74, 6) is -1.36. The van der Waals surface area contributed by atoms with E-state index in [1.165, 1.54) is 18.2 Å². The Kier molecular flexibility index (Phi) is 5.72. The van der Waals surface area contributed by atoms with Crippen LogP contribution >= 0.6 is 11.6 Å². The van der Waals surface area contributed by atoms with Gasteiger partial charge < -0.3 is 10.2 Å². The Morgan fingerprint density at radius 3 is 2.47 bits per heavy atom. The molecular weight excluding hydrogens is 409 g/mol. The van der Waals surface area contributed by atoms with Crippen LogP contribution in [0.3, 0.4) is 0 Å². The molecular formula is C22H21ClFN3O3. The van der Waals surface area contributed by atoms with Crippen LogP contribution in [0.15, 0.2) is 48.5 Å². The van der Waals surface area contributed by atoms with Crippen molar-refractivity contribution in [3.63, 3.8) is 0 Å². The monoisotopic (exact) mass is 429 g/mol. The summed E-state index contributed by atoms with van der Waals surface area (Å²) in [6.45, 7) is 0. The van der Waals surface area contributed by atoms with Crippen LogP contribution < -0.4 is 10.2 Å². The summed E-state index contributed by atoms with van der Waals surface area (Å²) in [5.41, 5.74) is 0.726. The van der Waals surface area contributed by atoms with Gasteiger partial charge in [0.05, 0.1) is 12.1 Å². The SMILES string of the molecule is O=C(C[C@@H]1C(=O)N(c2ccc(Cl)cc2)C(=O)N1C1CCCC1)Nc1cccc(F)c1. The number of hydrogen-bond donors (Lipinski definition) is 1. The second-order valence-electron chi connectivity index (χ2n) is 7.56. The van der Waals surface area contributed by atoms with Crippen LogP contribution in [0.4, 0.5) is 20.6 Å². The highest BCUT2D eigenvalue weighted by atomic mass is 35.5. The quantitative estimate of drug-likeness (QED) is 0.707. The number of hydrogen-bond acceptors (Lipinski definition) is 3. The van der Waals surface area contributed by atoms with Gasteiger partial charge in [0.1, 0.15) is 11.9 Å². The van der Waals surface area contributed by atoms with Crippen molar-refractivity contribution in [2.45, 2.75) is 44.2 Å². The molecule has 0 aromatic heterocycles. The first kappa shape index (κ1) is 20.3. The lowest BCUT2D eigenvalue weighted by atomic mass is 10.1. The third-order valence-corrected chi connectivity index (χ3v) is 5.80. The molecule has 2 aliphatic rings. The van der Waals surface area contributed by atoms with E-state index in [0.717, 1.165) is 30.6 Å². The maximum absolute atomic E-state index is 13.4. The van der Waals surface area contributed by atoms with E-state index in [9.17, 15) is 18.8 Å². The summed E-state index contributed by atoms with van der Waals surface area (Å²) < 4.78 is 13.4. The first-order chi connectivity index (χ1) is 14.4. The minimum atomic E-state index is -0.898. The molecule has 1 aliphatic carbocycles. The molecule has 1 atom stereocenters. The number of carbonyl (C=O) groups is 3. The molecule has 6 nitrogen and oxygen atoms in total. The lowest BCUT2D eigenvalue weighted by Gasteiger charge is -2.27. The number of carbonyl (C=O) groups excluding carboxylic acids is 3. The molecule has 1 N–H and O–H groups in total. The molecule has 0 radical (unpaired) electrons. The lowest BCUT2D eigenvalue weighted by molar-refractivity contribution is -0.124. The van der Waals surface area contributed by atoms with Gasteiger partial charge in [0.25, 0.3) is 5.91 Å². The van der Waals surface area contributed by atoms with Crippen LogP contribution in [0, 0.1) is 5.82 Å². The fraction of sp³-hybridized carbons (Fsp3) is 0.318. The molecule has 8 heteroatoms. The van der Waals surface area contributed by atoms with E-state index in [-0.39, 0.29) is 12.5 Å². The van der Waals surface area contributed by atoms with Gasteiger partial charge in [-0.05, 0) is 55.3 Å². The number of imide groups is 1. The standard InChI is InChI=1S/C22H21ClFN3O3/c23-14-8-10-18(11-9-14)27-21(29)19(26(22(27)30)17-6-1-2-7-17)13-20(28)25-16-5-3-4-15(24)12-16/h3-5,8-12,17,19H,1-2,6-7,13H2,(H,25,28)/t19-/m1/s1. The number of benzene rings is 2. The second kappa shape index (κ2) is 8.44. The van der Waals surface area contributed by atoms with Crippen molar-refractivity contribution in [3.05, 3.63) is 59.4 Å². The smallest absolute Gasteiger partial charge is 0.326 e. The van der Waals surface area contributed by atoms with Gasteiger partial charge in [-0.25, -0.2) is 14.1 Å². The molecule has 0 spiro atoms. The fourth-order valence-corrected chi connectivity index (χ4v) is 4.30. The maximum Gasteiger partial charge on any atom is 0.332 e. The molecule has 2 aromatic rings. The van der Waals surface area contributed by atoms with Gasteiger partial charge in [-0.1, -0.05) is 30.5 Å². The Balaban J connectivity index is 1.58. The Morgan fingerprint density at radius 1 is 1.10 bits per heavy atom. The topological polar surface area (TPSA) is 69.7 Å². The zero-order valence-electron chi connectivity index (χ0n) is 16.2.